The van der Waals surface area contributed by atoms with Crippen LogP contribution in [0.4, 0.5) is 0 Å². The van der Waals surface area contributed by atoms with E-state index in [1.54, 1.807) is 11.3 Å². The molecule has 0 saturated heterocycles. The summed E-state index contributed by atoms with van der Waals surface area (Å²) >= 11 is 7.83. The molecule has 1 aliphatic carbocycles. The number of aryl methyl sites for hydroxylation is 1. The molecule has 0 fully saturated rings. The fourth-order valence-corrected chi connectivity index (χ4v) is 4.08. The van der Waals surface area contributed by atoms with E-state index < -0.39 is 0 Å². The monoisotopic (exact) mass is 285 g/mol. The van der Waals surface area contributed by atoms with Crippen LogP contribution in [-0.2, 0) is 6.42 Å². The van der Waals surface area contributed by atoms with Gasteiger partial charge in [-0.2, -0.15) is 0 Å². The van der Waals surface area contributed by atoms with Crippen molar-refractivity contribution in [1.29, 1.82) is 0 Å². The molecule has 1 atom stereocenters. The zero-order valence-electron chi connectivity index (χ0n) is 11.3. The number of fused-ring (bicyclic) bond motifs is 1. The zero-order chi connectivity index (χ0) is 12.8. The molecular weight excluding hydrogens is 262 g/mol. The van der Waals surface area contributed by atoms with Gasteiger partial charge in [0, 0.05) is 10.9 Å². The Morgan fingerprint density at radius 1 is 1.28 bits per heavy atom. The first kappa shape index (κ1) is 14.4. The lowest BCUT2D eigenvalue weighted by Crippen LogP contribution is -2.20. The molecule has 0 aromatic carbocycles. The maximum Gasteiger partial charge on any atom is 0.0934 e. The van der Waals surface area contributed by atoms with E-state index in [1.165, 1.54) is 61.8 Å². The molecule has 102 valence electrons. The van der Waals surface area contributed by atoms with Gasteiger partial charge in [0.25, 0.3) is 0 Å². The minimum atomic E-state index is 0.569. The fourth-order valence-electron chi connectivity index (χ4n) is 2.72. The molecule has 18 heavy (non-hydrogen) atoms. The van der Waals surface area contributed by atoms with Crippen molar-refractivity contribution in [2.75, 3.05) is 6.54 Å². The number of hydrogen-bond donors (Lipinski definition) is 1. The van der Waals surface area contributed by atoms with Crippen LogP contribution >= 0.6 is 22.9 Å². The first-order valence-electron chi connectivity index (χ1n) is 7.32. The van der Waals surface area contributed by atoms with Crippen molar-refractivity contribution in [2.45, 2.75) is 64.3 Å². The predicted octanol–water partition coefficient (Wildman–Crippen LogP) is 5.34. The lowest BCUT2D eigenvalue weighted by Gasteiger charge is -2.12. The minimum Gasteiger partial charge on any atom is -0.310 e. The van der Waals surface area contributed by atoms with Gasteiger partial charge in [-0.05, 0) is 37.4 Å². The average Bonchev–Trinajstić information content (AvgIpc) is 2.88. The zero-order valence-corrected chi connectivity index (χ0v) is 12.9. The largest absolute Gasteiger partial charge is 0.310 e. The van der Waals surface area contributed by atoms with Crippen LogP contribution in [0.2, 0.25) is 4.34 Å². The number of unbranched alkanes of at least 4 members (excludes halogenated alkanes) is 5. The Labute approximate surface area is 120 Å². The van der Waals surface area contributed by atoms with E-state index in [0.717, 1.165) is 10.9 Å². The second kappa shape index (κ2) is 7.52. The van der Waals surface area contributed by atoms with E-state index in [-0.39, 0.29) is 0 Å². The van der Waals surface area contributed by atoms with Gasteiger partial charge in [0.2, 0.25) is 0 Å². The highest BCUT2D eigenvalue weighted by Crippen LogP contribution is 2.39. The van der Waals surface area contributed by atoms with Crippen LogP contribution in [0.15, 0.2) is 6.07 Å². The average molecular weight is 286 g/mol. The summed E-state index contributed by atoms with van der Waals surface area (Å²) in [5.41, 5.74) is 1.47. The molecule has 0 bridgehead atoms. The third-order valence-electron chi connectivity index (χ3n) is 3.77. The maximum atomic E-state index is 6.07. The van der Waals surface area contributed by atoms with Crippen molar-refractivity contribution in [3.63, 3.8) is 0 Å². The quantitative estimate of drug-likeness (QED) is 0.636. The predicted molar refractivity (Wildman–Crippen MR) is 81.8 cm³/mol. The summed E-state index contributed by atoms with van der Waals surface area (Å²) in [5, 5.41) is 3.69. The highest BCUT2D eigenvalue weighted by atomic mass is 35.5. The first-order chi connectivity index (χ1) is 8.81. The fraction of sp³-hybridized carbons (Fsp3) is 0.733. The van der Waals surface area contributed by atoms with Crippen molar-refractivity contribution < 1.29 is 0 Å². The molecule has 1 N–H and O–H groups in total. The van der Waals surface area contributed by atoms with Gasteiger partial charge in [-0.3, -0.25) is 0 Å². The Bertz CT molecular complexity index is 361. The van der Waals surface area contributed by atoms with Crippen LogP contribution in [0, 0.1) is 0 Å². The summed E-state index contributed by atoms with van der Waals surface area (Å²) in [6, 6.07) is 2.73. The molecule has 0 spiro atoms. The third-order valence-corrected chi connectivity index (χ3v) is 5.11. The Morgan fingerprint density at radius 3 is 2.89 bits per heavy atom. The van der Waals surface area contributed by atoms with E-state index in [0.29, 0.717) is 6.04 Å². The molecule has 1 aromatic rings. The summed E-state index contributed by atoms with van der Waals surface area (Å²) in [7, 11) is 0. The Kier molecular flexibility index (Phi) is 6.00. The number of halogens is 1. The van der Waals surface area contributed by atoms with Gasteiger partial charge < -0.3 is 5.32 Å². The molecule has 1 unspecified atom stereocenters. The van der Waals surface area contributed by atoms with E-state index >= 15 is 0 Å². The molecule has 0 radical (unpaired) electrons. The second-order valence-electron chi connectivity index (χ2n) is 5.24. The van der Waals surface area contributed by atoms with Crippen LogP contribution in [0.1, 0.15) is 68.4 Å². The van der Waals surface area contributed by atoms with Gasteiger partial charge in [-0.25, -0.2) is 0 Å². The standard InChI is InChI=1S/C15H24ClNS/c1-2-3-4-5-6-7-10-17-13-8-9-14-12(13)11-15(16)18-14/h11,13,17H,2-10H2,1H3. The summed E-state index contributed by atoms with van der Waals surface area (Å²) < 4.78 is 0.950. The van der Waals surface area contributed by atoms with Gasteiger partial charge in [0.05, 0.1) is 4.34 Å². The number of hydrogen-bond acceptors (Lipinski definition) is 2. The van der Waals surface area contributed by atoms with E-state index in [9.17, 15) is 0 Å². The van der Waals surface area contributed by atoms with Gasteiger partial charge in [0.1, 0.15) is 0 Å². The Morgan fingerprint density at radius 2 is 2.06 bits per heavy atom. The van der Waals surface area contributed by atoms with Crippen LogP contribution < -0.4 is 5.32 Å². The van der Waals surface area contributed by atoms with Crippen molar-refractivity contribution in [2.24, 2.45) is 0 Å². The van der Waals surface area contributed by atoms with Gasteiger partial charge in [-0.15, -0.1) is 11.3 Å². The maximum absolute atomic E-state index is 6.07. The van der Waals surface area contributed by atoms with Crippen LogP contribution in [0.25, 0.3) is 0 Å². The lowest BCUT2D eigenvalue weighted by atomic mass is 10.1. The highest BCUT2D eigenvalue weighted by molar-refractivity contribution is 7.16. The minimum absolute atomic E-state index is 0.569. The van der Waals surface area contributed by atoms with E-state index in [1.807, 2.05) is 0 Å². The highest BCUT2D eigenvalue weighted by Gasteiger charge is 2.24. The first-order valence-corrected chi connectivity index (χ1v) is 8.52. The van der Waals surface area contributed by atoms with Crippen molar-refractivity contribution in [3.8, 4) is 0 Å². The molecule has 1 nitrogen and oxygen atoms in total. The molecule has 1 aromatic heterocycles. The van der Waals surface area contributed by atoms with Crippen molar-refractivity contribution >= 4 is 22.9 Å². The van der Waals surface area contributed by atoms with Crippen LogP contribution in [-0.4, -0.2) is 6.54 Å². The molecule has 0 amide bonds. The summed E-state index contributed by atoms with van der Waals surface area (Å²) in [6.45, 7) is 3.43. The topological polar surface area (TPSA) is 12.0 Å². The van der Waals surface area contributed by atoms with E-state index in [2.05, 4.69) is 18.3 Å². The second-order valence-corrected chi connectivity index (χ2v) is 7.01. The van der Waals surface area contributed by atoms with Gasteiger partial charge in [0.15, 0.2) is 0 Å². The molecule has 3 heteroatoms. The SMILES string of the molecule is CCCCCCCCNC1CCc2sc(Cl)cc21. The molecular formula is C15H24ClNS. The van der Waals surface area contributed by atoms with Gasteiger partial charge in [-0.1, -0.05) is 50.6 Å². The van der Waals surface area contributed by atoms with Crippen LogP contribution in [0.3, 0.4) is 0 Å². The Balaban J connectivity index is 1.60. The molecule has 1 aliphatic rings. The lowest BCUT2D eigenvalue weighted by molar-refractivity contribution is 0.501. The molecule has 0 saturated carbocycles. The summed E-state index contributed by atoms with van der Waals surface area (Å²) in [4.78, 5) is 1.50. The molecule has 2 rings (SSSR count). The third kappa shape index (κ3) is 3.97. The smallest absolute Gasteiger partial charge is 0.0934 e. The summed E-state index contributed by atoms with van der Waals surface area (Å²) in [5.74, 6) is 0. The molecule has 0 aliphatic heterocycles. The van der Waals surface area contributed by atoms with Crippen molar-refractivity contribution in [3.05, 3.63) is 20.8 Å². The normalized spacial score (nSPS) is 18.2. The summed E-state index contributed by atoms with van der Waals surface area (Å²) in [6.07, 6.45) is 10.7. The Hall–Kier alpha value is -0.0500. The van der Waals surface area contributed by atoms with Gasteiger partial charge >= 0.3 is 0 Å². The van der Waals surface area contributed by atoms with Crippen molar-refractivity contribution in [1.82, 2.24) is 5.32 Å². The number of nitrogens with one attached hydrogen (secondary N) is 1. The number of rotatable bonds is 8. The molecule has 1 heterocycles. The van der Waals surface area contributed by atoms with Crippen LogP contribution in [0.5, 0.6) is 0 Å². The number of thiophene rings is 1. The van der Waals surface area contributed by atoms with E-state index in [4.69, 9.17) is 11.6 Å².